The van der Waals surface area contributed by atoms with E-state index in [4.69, 9.17) is 29.4 Å². The Labute approximate surface area is 347 Å². The van der Waals surface area contributed by atoms with Gasteiger partial charge in [-0.3, -0.25) is 24.2 Å². The van der Waals surface area contributed by atoms with Crippen molar-refractivity contribution in [1.29, 1.82) is 0 Å². The van der Waals surface area contributed by atoms with Crippen molar-refractivity contribution in [2.24, 2.45) is 5.73 Å². The highest BCUT2D eigenvalue weighted by atomic mass is 16.5. The first-order chi connectivity index (χ1) is 29.2. The van der Waals surface area contributed by atoms with E-state index in [2.05, 4.69) is 35.4 Å². The normalized spacial score (nSPS) is 20.8. The number of piperidine rings is 2. The Morgan fingerprint density at radius 1 is 0.767 bits per heavy atom. The molecule has 320 valence electrons. The molecule has 60 heavy (non-hydrogen) atoms. The molecule has 1 amide bonds. The second kappa shape index (κ2) is 19.7. The molecule has 0 unspecified atom stereocenters. The van der Waals surface area contributed by atoms with E-state index in [1.54, 1.807) is 37.6 Å². The van der Waals surface area contributed by atoms with Crippen LogP contribution in [-0.2, 0) is 33.9 Å². The zero-order chi connectivity index (χ0) is 42.2. The third kappa shape index (κ3) is 10.1. The van der Waals surface area contributed by atoms with Gasteiger partial charge in [0.15, 0.2) is 18.2 Å². The second-order valence-electron chi connectivity index (χ2n) is 15.1. The van der Waals surface area contributed by atoms with E-state index < -0.39 is 0 Å². The minimum atomic E-state index is -0.201. The van der Waals surface area contributed by atoms with Crippen molar-refractivity contribution in [3.05, 3.63) is 87.3 Å². The van der Waals surface area contributed by atoms with Crippen LogP contribution in [0.5, 0.6) is 17.2 Å². The van der Waals surface area contributed by atoms with E-state index in [9.17, 15) is 14.4 Å². The number of fused-ring (bicyclic) bond motifs is 3. The lowest BCUT2D eigenvalue weighted by atomic mass is 10.0. The number of hydrogen-bond acceptors (Lipinski definition) is 15. The van der Waals surface area contributed by atoms with Gasteiger partial charge in [-0.1, -0.05) is 0 Å². The van der Waals surface area contributed by atoms with Gasteiger partial charge in [0.05, 0.1) is 66.6 Å². The number of amides is 1. The molecule has 4 N–H and O–H groups in total. The van der Waals surface area contributed by atoms with Crippen molar-refractivity contribution in [1.82, 2.24) is 39.2 Å². The zero-order valence-corrected chi connectivity index (χ0v) is 34.5. The first kappa shape index (κ1) is 42.6. The molecule has 2 saturated heterocycles. The number of nitrogens with one attached hydrogen (secondary N) is 2. The topological polar surface area (TPSA) is 202 Å². The average molecular weight is 827 g/mol. The van der Waals surface area contributed by atoms with Crippen LogP contribution in [0.4, 0.5) is 5.82 Å². The molecule has 5 aromatic rings. The Morgan fingerprint density at radius 3 is 1.93 bits per heavy atom. The van der Waals surface area contributed by atoms with Gasteiger partial charge >= 0.3 is 0 Å². The first-order valence-corrected chi connectivity index (χ1v) is 20.1. The van der Waals surface area contributed by atoms with Crippen molar-refractivity contribution < 1.29 is 28.5 Å². The molecule has 0 aliphatic carbocycles. The van der Waals surface area contributed by atoms with Crippen molar-refractivity contribution >= 4 is 33.8 Å². The van der Waals surface area contributed by atoms with Gasteiger partial charge in [0.25, 0.3) is 17.0 Å². The maximum Gasteiger partial charge on any atom is 0.269 e. The minimum Gasteiger partial charge on any atom is -0.497 e. The van der Waals surface area contributed by atoms with E-state index in [0.717, 1.165) is 79.9 Å². The van der Waals surface area contributed by atoms with Gasteiger partial charge in [-0.25, -0.2) is 15.0 Å². The number of hydrogen-bond donors (Lipinski definition) is 3. The number of anilines is 1. The molecular weight excluding hydrogens is 773 g/mol. The number of likely N-dealkylation sites (tertiary alicyclic amines) is 2. The number of methoxy groups -OCH3 is 4. The highest BCUT2D eigenvalue weighted by Gasteiger charge is 2.30. The van der Waals surface area contributed by atoms with Crippen LogP contribution < -0.4 is 41.7 Å². The summed E-state index contributed by atoms with van der Waals surface area (Å²) in [6.07, 6.45) is 4.57. The van der Waals surface area contributed by atoms with Crippen LogP contribution in [0.1, 0.15) is 18.5 Å². The van der Waals surface area contributed by atoms with E-state index >= 15 is 0 Å². The summed E-state index contributed by atoms with van der Waals surface area (Å²) >= 11 is 0. The summed E-state index contributed by atoms with van der Waals surface area (Å²) in [6.45, 7) is 6.52. The molecule has 0 bridgehead atoms. The number of ether oxygens (including phenoxy) is 5. The maximum atomic E-state index is 12.6. The second-order valence-corrected chi connectivity index (χ2v) is 15.1. The summed E-state index contributed by atoms with van der Waals surface area (Å²) in [5, 5.41) is 6.30. The lowest BCUT2D eigenvalue weighted by Crippen LogP contribution is -2.53. The Balaban J connectivity index is 0.000000197. The summed E-state index contributed by atoms with van der Waals surface area (Å²) in [6, 6.07) is 15.1. The number of nitrogens with two attached hydrogens (primary N) is 1. The summed E-state index contributed by atoms with van der Waals surface area (Å²) in [5.41, 5.74) is 9.74. The van der Waals surface area contributed by atoms with Crippen LogP contribution in [-0.4, -0.2) is 138 Å². The van der Waals surface area contributed by atoms with Crippen LogP contribution in [0.15, 0.2) is 70.5 Å². The Morgan fingerprint density at radius 2 is 1.35 bits per heavy atom. The van der Waals surface area contributed by atoms with Gasteiger partial charge < -0.3 is 49.2 Å². The minimum absolute atomic E-state index is 0.00888. The lowest BCUT2D eigenvalue weighted by Gasteiger charge is -2.38. The molecule has 3 aliphatic rings. The molecule has 2 aromatic carbocycles. The number of carbonyl (C=O) groups is 1. The first-order valence-electron chi connectivity index (χ1n) is 20.1. The summed E-state index contributed by atoms with van der Waals surface area (Å²) in [7, 11) is 6.64. The fraction of sp³-hybridized carbons (Fsp3) is 0.476. The van der Waals surface area contributed by atoms with Crippen molar-refractivity contribution in [3.63, 3.8) is 0 Å². The predicted octanol–water partition coefficient (Wildman–Crippen LogP) is 1.46. The number of pyridine rings is 1. The number of benzene rings is 2. The molecule has 0 saturated carbocycles. The molecule has 6 heterocycles. The molecule has 18 heteroatoms. The quantitative estimate of drug-likeness (QED) is 0.154. The Kier molecular flexibility index (Phi) is 14.0. The van der Waals surface area contributed by atoms with Gasteiger partial charge in [0, 0.05) is 84.2 Å². The van der Waals surface area contributed by atoms with Gasteiger partial charge in [0.2, 0.25) is 0 Å². The molecule has 0 spiro atoms. The summed E-state index contributed by atoms with van der Waals surface area (Å²) in [4.78, 5) is 54.0. The molecule has 4 atom stereocenters. The molecule has 3 aromatic heterocycles. The van der Waals surface area contributed by atoms with Crippen molar-refractivity contribution in [2.75, 3.05) is 79.6 Å². The molecule has 18 nitrogen and oxygen atoms in total. The zero-order valence-electron chi connectivity index (χ0n) is 34.5. The standard InChI is InChI=1S/C25H30N6O5.C17H24N4O3/c1-34-17-4-5-18-20(11-17)31(24(33)13-27-18)10-9-30-8-7-19(22(14-30)35-2)26-12-16-3-6-21-25(28-16)29-23(32)15-36-21;1-23-12-3-4-14-15(9-12)21(17(22)10-19-14)8-7-20-6-5-13(18)16(11-20)24-2/h3-6,11,13,19,22,26H,7-10,12,14-15H2,1-2H3,(H,28,29,32);3-4,9-10,13,16H,5-8,11,18H2,1-2H3/t19-,22+;13-,16+/m11/s1. The SMILES string of the molecule is COc1ccc2ncc(=O)n(CCN3CC[C@@H](N)[C@@H](OC)C3)c2c1.COc1ccc2ncc(=O)n(CCN3CC[C@@H](NCc4ccc5c(n4)NC(=O)CO5)[C@@H](OC)C3)c2c1. The number of aromatic nitrogens is 5. The highest BCUT2D eigenvalue weighted by molar-refractivity contribution is 5.94. The van der Waals surface area contributed by atoms with Crippen LogP contribution in [0, 0.1) is 0 Å². The third-order valence-electron chi connectivity index (χ3n) is 11.4. The van der Waals surface area contributed by atoms with E-state index in [1.807, 2.05) is 48.5 Å². The van der Waals surface area contributed by atoms with Gasteiger partial charge in [-0.15, -0.1) is 0 Å². The van der Waals surface area contributed by atoms with Gasteiger partial charge in [-0.2, -0.15) is 0 Å². The number of carbonyl (C=O) groups excluding carboxylic acids is 1. The largest absolute Gasteiger partial charge is 0.497 e. The molecule has 0 radical (unpaired) electrons. The highest BCUT2D eigenvalue weighted by Crippen LogP contribution is 2.26. The van der Waals surface area contributed by atoms with Crippen LogP contribution in [0.25, 0.3) is 22.1 Å². The van der Waals surface area contributed by atoms with Crippen molar-refractivity contribution in [3.8, 4) is 17.2 Å². The lowest BCUT2D eigenvalue weighted by molar-refractivity contribution is -0.118. The van der Waals surface area contributed by atoms with E-state index in [0.29, 0.717) is 42.7 Å². The van der Waals surface area contributed by atoms with Crippen molar-refractivity contribution in [2.45, 2.75) is 56.8 Å². The fourth-order valence-electron chi connectivity index (χ4n) is 7.93. The third-order valence-corrected chi connectivity index (χ3v) is 11.4. The molecule has 3 aliphatic heterocycles. The van der Waals surface area contributed by atoms with Gasteiger partial charge in [0.1, 0.15) is 11.5 Å². The molecule has 8 rings (SSSR count). The van der Waals surface area contributed by atoms with Crippen LogP contribution in [0.3, 0.4) is 0 Å². The fourth-order valence-corrected chi connectivity index (χ4v) is 7.93. The summed E-state index contributed by atoms with van der Waals surface area (Å²) < 4.78 is 30.7. The van der Waals surface area contributed by atoms with Gasteiger partial charge in [-0.05, 0) is 62.3 Å². The van der Waals surface area contributed by atoms with Crippen LogP contribution >= 0.6 is 0 Å². The number of rotatable bonds is 13. The monoisotopic (exact) mass is 826 g/mol. The van der Waals surface area contributed by atoms with E-state index in [1.165, 1.54) is 12.4 Å². The smallest absolute Gasteiger partial charge is 0.269 e. The summed E-state index contributed by atoms with van der Waals surface area (Å²) in [5.74, 6) is 2.25. The Bertz CT molecular complexity index is 2390. The van der Waals surface area contributed by atoms with Crippen LogP contribution in [0.2, 0.25) is 0 Å². The number of nitrogens with zero attached hydrogens (tertiary/aromatic N) is 7. The Hall–Kier alpha value is -5.50. The van der Waals surface area contributed by atoms with E-state index in [-0.39, 0.29) is 47.9 Å². The molecular formula is C42H54N10O8. The maximum absolute atomic E-state index is 12.6. The predicted molar refractivity (Wildman–Crippen MR) is 226 cm³/mol. The average Bonchev–Trinajstić information content (AvgIpc) is 3.27. The molecule has 2 fully saturated rings.